The van der Waals surface area contributed by atoms with Crippen molar-refractivity contribution in [2.24, 2.45) is 0 Å². The molecule has 1 atom stereocenters. The van der Waals surface area contributed by atoms with Gasteiger partial charge in [0, 0.05) is 12.0 Å². The van der Waals surface area contributed by atoms with Crippen LogP contribution in [-0.4, -0.2) is 12.3 Å². The van der Waals surface area contributed by atoms with Crippen molar-refractivity contribution < 1.29 is 13.8 Å². The molecule has 64 valence electrons. The Morgan fingerprint density at radius 2 is 2.27 bits per heavy atom. The molecular formula is C7H11ClO3. The molecule has 0 amide bonds. The van der Waals surface area contributed by atoms with E-state index in [-0.39, 0.29) is 0 Å². The summed E-state index contributed by atoms with van der Waals surface area (Å²) in [4.78, 5) is 10.8. The summed E-state index contributed by atoms with van der Waals surface area (Å²) in [6.45, 7) is 6.75. The number of rotatable bonds is 4. The monoisotopic (exact) mass is 178 g/mol. The summed E-state index contributed by atoms with van der Waals surface area (Å²) in [7, 11) is 0. The lowest BCUT2D eigenvalue weighted by Crippen LogP contribution is -2.17. The van der Waals surface area contributed by atoms with Gasteiger partial charge >= 0.3 is 5.97 Å². The molecule has 3 nitrogen and oxygen atoms in total. The Hall–Kier alpha value is -0.540. The van der Waals surface area contributed by atoms with E-state index in [1.807, 2.05) is 0 Å². The zero-order chi connectivity index (χ0) is 8.85. The molecule has 0 N–H and O–H groups in total. The van der Waals surface area contributed by atoms with E-state index < -0.39 is 12.3 Å². The highest BCUT2D eigenvalue weighted by molar-refractivity contribution is 6.07. The third-order valence-electron chi connectivity index (χ3n) is 1.02. The zero-order valence-electron chi connectivity index (χ0n) is 6.59. The minimum atomic E-state index is -0.680. The normalized spacial score (nSPS) is 12.3. The first-order valence-corrected chi connectivity index (χ1v) is 3.56. The third-order valence-corrected chi connectivity index (χ3v) is 1.22. The van der Waals surface area contributed by atoms with E-state index in [9.17, 15) is 4.79 Å². The van der Waals surface area contributed by atoms with E-state index in [4.69, 9.17) is 16.6 Å². The second-order valence-electron chi connectivity index (χ2n) is 2.11. The van der Waals surface area contributed by atoms with Crippen LogP contribution >= 0.6 is 11.9 Å². The number of ether oxygens (including phenoxy) is 1. The van der Waals surface area contributed by atoms with Gasteiger partial charge in [0.2, 0.25) is 6.29 Å². The van der Waals surface area contributed by atoms with Gasteiger partial charge in [-0.25, -0.2) is 9.08 Å². The molecule has 0 fully saturated rings. The molecule has 0 aromatic rings. The predicted molar refractivity (Wildman–Crippen MR) is 41.9 cm³/mol. The second-order valence-corrected chi connectivity index (χ2v) is 2.29. The maximum absolute atomic E-state index is 10.8. The first-order chi connectivity index (χ1) is 5.11. The van der Waals surface area contributed by atoms with E-state index in [1.165, 1.54) is 0 Å². The number of carbonyl (C=O) groups is 1. The van der Waals surface area contributed by atoms with Crippen molar-refractivity contribution in [3.05, 3.63) is 12.2 Å². The Bertz CT molecular complexity index is 152. The molecule has 0 spiro atoms. The average molecular weight is 179 g/mol. The maximum Gasteiger partial charge on any atom is 0.335 e. The summed E-state index contributed by atoms with van der Waals surface area (Å²) >= 11 is 5.01. The van der Waals surface area contributed by atoms with Crippen molar-refractivity contribution in [2.45, 2.75) is 26.6 Å². The smallest absolute Gasteiger partial charge is 0.335 e. The van der Waals surface area contributed by atoms with E-state index in [0.717, 1.165) is 0 Å². The molecule has 0 aromatic carbocycles. The summed E-state index contributed by atoms with van der Waals surface area (Å²) in [6, 6.07) is 0. The van der Waals surface area contributed by atoms with Crippen LogP contribution in [0, 0.1) is 0 Å². The highest BCUT2D eigenvalue weighted by atomic mass is 35.5. The lowest BCUT2D eigenvalue weighted by molar-refractivity contribution is -0.158. The molecule has 1 unspecified atom stereocenters. The van der Waals surface area contributed by atoms with Crippen molar-refractivity contribution in [1.29, 1.82) is 0 Å². The second kappa shape index (κ2) is 5.16. The summed E-state index contributed by atoms with van der Waals surface area (Å²) in [6.07, 6.45) is -0.163. The van der Waals surface area contributed by atoms with Gasteiger partial charge < -0.3 is 4.74 Å². The highest BCUT2D eigenvalue weighted by Crippen LogP contribution is 2.05. The number of halogens is 1. The molecule has 0 saturated heterocycles. The van der Waals surface area contributed by atoms with Crippen molar-refractivity contribution in [1.82, 2.24) is 0 Å². The maximum atomic E-state index is 10.8. The molecule has 0 saturated carbocycles. The Kier molecular flexibility index (Phi) is 4.90. The number of esters is 1. The van der Waals surface area contributed by atoms with Gasteiger partial charge in [0.15, 0.2) is 0 Å². The topological polar surface area (TPSA) is 35.5 Å². The number of hydrogen-bond donors (Lipinski definition) is 0. The first-order valence-electron chi connectivity index (χ1n) is 3.25. The standard InChI is InChI=1S/C7H11ClO3/c1-4-6(11-8)10-7(9)5(2)3/h6H,2,4H2,1,3H3. The van der Waals surface area contributed by atoms with Crippen LogP contribution < -0.4 is 0 Å². The van der Waals surface area contributed by atoms with Crippen LogP contribution in [0.1, 0.15) is 20.3 Å². The van der Waals surface area contributed by atoms with Gasteiger partial charge in [0.25, 0.3) is 0 Å². The molecule has 0 aliphatic carbocycles. The van der Waals surface area contributed by atoms with E-state index in [0.29, 0.717) is 12.0 Å². The Morgan fingerprint density at radius 1 is 1.73 bits per heavy atom. The zero-order valence-corrected chi connectivity index (χ0v) is 7.35. The van der Waals surface area contributed by atoms with Gasteiger partial charge in [-0.1, -0.05) is 13.5 Å². The predicted octanol–water partition coefficient (Wildman–Crippen LogP) is 2.01. The van der Waals surface area contributed by atoms with E-state index >= 15 is 0 Å². The van der Waals surface area contributed by atoms with Gasteiger partial charge in [0.1, 0.15) is 0 Å². The van der Waals surface area contributed by atoms with Gasteiger partial charge in [-0.15, -0.1) is 0 Å². The Morgan fingerprint density at radius 3 is 2.55 bits per heavy atom. The van der Waals surface area contributed by atoms with Crippen LogP contribution in [0.2, 0.25) is 0 Å². The molecular weight excluding hydrogens is 168 g/mol. The van der Waals surface area contributed by atoms with Gasteiger partial charge in [0.05, 0.1) is 11.9 Å². The molecule has 4 heteroatoms. The van der Waals surface area contributed by atoms with Gasteiger partial charge in [-0.3, -0.25) is 0 Å². The summed E-state index contributed by atoms with van der Waals surface area (Å²) in [5.41, 5.74) is 0.331. The Balaban J connectivity index is 3.81. The largest absolute Gasteiger partial charge is 0.431 e. The van der Waals surface area contributed by atoms with Crippen molar-refractivity contribution in [3.8, 4) is 0 Å². The van der Waals surface area contributed by atoms with Crippen molar-refractivity contribution >= 4 is 17.8 Å². The molecule has 0 aliphatic heterocycles. The Labute approximate surface area is 71.1 Å². The minimum Gasteiger partial charge on any atom is -0.431 e. The van der Waals surface area contributed by atoms with Crippen LogP contribution in [0.4, 0.5) is 0 Å². The SMILES string of the molecule is C=C(C)C(=O)OC(CC)OCl. The minimum absolute atomic E-state index is 0.331. The lowest BCUT2D eigenvalue weighted by Gasteiger charge is -2.11. The van der Waals surface area contributed by atoms with Crippen LogP contribution in [0.25, 0.3) is 0 Å². The van der Waals surface area contributed by atoms with Crippen LogP contribution in [0.5, 0.6) is 0 Å². The number of carbonyl (C=O) groups excluding carboxylic acids is 1. The summed E-state index contributed by atoms with van der Waals surface area (Å²) < 4.78 is 9.03. The van der Waals surface area contributed by atoms with Crippen LogP contribution in [0.15, 0.2) is 12.2 Å². The summed E-state index contributed by atoms with van der Waals surface area (Å²) in [5, 5.41) is 0. The fourth-order valence-corrected chi connectivity index (χ4v) is 0.547. The molecule has 0 aliphatic rings. The fraction of sp³-hybridized carbons (Fsp3) is 0.571. The quantitative estimate of drug-likeness (QED) is 0.375. The average Bonchev–Trinajstić information content (AvgIpc) is 1.99. The van der Waals surface area contributed by atoms with Crippen molar-refractivity contribution in [3.63, 3.8) is 0 Å². The summed E-state index contributed by atoms with van der Waals surface area (Å²) in [5.74, 6) is -0.488. The van der Waals surface area contributed by atoms with E-state index in [2.05, 4.69) is 10.9 Å². The molecule has 0 aromatic heterocycles. The van der Waals surface area contributed by atoms with Crippen molar-refractivity contribution in [2.75, 3.05) is 0 Å². The molecule has 0 rings (SSSR count). The van der Waals surface area contributed by atoms with Crippen LogP contribution in [0.3, 0.4) is 0 Å². The highest BCUT2D eigenvalue weighted by Gasteiger charge is 2.12. The first kappa shape index (κ1) is 10.5. The number of hydrogen-bond acceptors (Lipinski definition) is 3. The molecule has 0 radical (unpaired) electrons. The van der Waals surface area contributed by atoms with Gasteiger partial charge in [-0.2, -0.15) is 0 Å². The van der Waals surface area contributed by atoms with Crippen LogP contribution in [-0.2, 0) is 13.8 Å². The molecule has 0 bridgehead atoms. The van der Waals surface area contributed by atoms with E-state index in [1.54, 1.807) is 13.8 Å². The third kappa shape index (κ3) is 4.01. The molecule has 11 heavy (non-hydrogen) atoms. The van der Waals surface area contributed by atoms with Gasteiger partial charge in [-0.05, 0) is 6.92 Å². The fourth-order valence-electron chi connectivity index (χ4n) is 0.384. The molecule has 0 heterocycles. The lowest BCUT2D eigenvalue weighted by atomic mass is 10.3.